The lowest BCUT2D eigenvalue weighted by atomic mass is 10.0. The summed E-state index contributed by atoms with van der Waals surface area (Å²) in [5.41, 5.74) is 2.43. The number of hydrogen-bond acceptors (Lipinski definition) is 7. The molecule has 0 fully saturated rings. The van der Waals surface area contributed by atoms with Crippen LogP contribution in [0.25, 0.3) is 0 Å². The van der Waals surface area contributed by atoms with Crippen LogP contribution in [0.5, 0.6) is 0 Å². The molecule has 41 heavy (non-hydrogen) atoms. The number of aromatic nitrogens is 1. The Morgan fingerprint density at radius 1 is 1.00 bits per heavy atom. The molecule has 3 rings (SSSR count). The Bertz CT molecular complexity index is 1270. The Morgan fingerprint density at radius 2 is 1.71 bits per heavy atom. The van der Waals surface area contributed by atoms with Crippen LogP contribution in [0.1, 0.15) is 61.3 Å². The molecule has 1 aromatic carbocycles. The lowest BCUT2D eigenvalue weighted by molar-refractivity contribution is 0.0635. The van der Waals surface area contributed by atoms with E-state index in [0.717, 1.165) is 30.5 Å². The molecule has 220 valence electrons. The highest BCUT2D eigenvalue weighted by molar-refractivity contribution is 7.09. The first-order valence-electron chi connectivity index (χ1n) is 13.6. The van der Waals surface area contributed by atoms with Gasteiger partial charge in [-0.25, -0.2) is 9.59 Å². The van der Waals surface area contributed by atoms with Crippen molar-refractivity contribution in [2.45, 2.75) is 51.7 Å². The van der Waals surface area contributed by atoms with Gasteiger partial charge in [0.1, 0.15) is 11.3 Å². The molecule has 4 amide bonds. The highest BCUT2D eigenvalue weighted by Crippen LogP contribution is 2.28. The number of nitrogens with zero attached hydrogens (tertiary/aromatic N) is 2. The summed E-state index contributed by atoms with van der Waals surface area (Å²) < 4.78 is 5.29. The normalized spacial score (nSPS) is 12.0. The summed E-state index contributed by atoms with van der Waals surface area (Å²) in [6.45, 7) is 6.73. The molecule has 1 unspecified atom stereocenters. The second-order valence-corrected chi connectivity index (χ2v) is 11.6. The minimum absolute atomic E-state index is 0.211. The van der Waals surface area contributed by atoms with E-state index >= 15 is 0 Å². The molecule has 2 heterocycles. The molecular formula is C30H40N6O4S. The molecule has 0 radical (unpaired) electrons. The van der Waals surface area contributed by atoms with E-state index in [1.54, 1.807) is 49.9 Å². The molecule has 11 heteroatoms. The van der Waals surface area contributed by atoms with E-state index in [0.29, 0.717) is 24.3 Å². The lowest BCUT2D eigenvalue weighted by Gasteiger charge is -2.21. The Labute approximate surface area is 245 Å². The molecule has 0 aliphatic heterocycles. The molecule has 0 spiro atoms. The van der Waals surface area contributed by atoms with Crippen LogP contribution in [0.4, 0.5) is 21.0 Å². The van der Waals surface area contributed by atoms with Crippen LogP contribution in [0.15, 0.2) is 59.4 Å². The molecular weight excluding hydrogens is 540 g/mol. The van der Waals surface area contributed by atoms with E-state index in [4.69, 9.17) is 4.74 Å². The van der Waals surface area contributed by atoms with Crippen LogP contribution in [0.2, 0.25) is 0 Å². The predicted molar refractivity (Wildman–Crippen MR) is 164 cm³/mol. The number of ether oxygens (including phenoxy) is 1. The van der Waals surface area contributed by atoms with Crippen LogP contribution in [-0.2, 0) is 11.2 Å². The summed E-state index contributed by atoms with van der Waals surface area (Å²) >= 11 is 1.33. The standard InChI is InChI=1S/C30H40N6O4S/c1-30(2,3)40-29(39)35-26-20-41-19-25(26)33-27(37)24-14-13-22(18-32-24)23(12-9-17-36(4)5)34-28(38)31-16-15-21-10-7-6-8-11-21/h6-8,10-11,13-14,18-20,23H,9,12,15-17H2,1-5H3,(H,33,37)(H,35,39)(H2,31,34,38). The summed E-state index contributed by atoms with van der Waals surface area (Å²) in [6, 6.07) is 12.9. The van der Waals surface area contributed by atoms with Crippen molar-refractivity contribution in [3.05, 3.63) is 76.2 Å². The summed E-state index contributed by atoms with van der Waals surface area (Å²) in [7, 11) is 4.02. The van der Waals surface area contributed by atoms with Gasteiger partial charge in [0.15, 0.2) is 0 Å². The molecule has 0 saturated heterocycles. The van der Waals surface area contributed by atoms with Crippen LogP contribution in [0, 0.1) is 0 Å². The van der Waals surface area contributed by atoms with E-state index in [1.807, 2.05) is 44.4 Å². The molecule has 2 aromatic heterocycles. The maximum absolute atomic E-state index is 12.9. The van der Waals surface area contributed by atoms with Gasteiger partial charge in [-0.15, -0.1) is 11.3 Å². The second kappa shape index (κ2) is 15.2. The van der Waals surface area contributed by atoms with Crippen molar-refractivity contribution in [1.82, 2.24) is 20.5 Å². The van der Waals surface area contributed by atoms with Crippen molar-refractivity contribution in [2.75, 3.05) is 37.8 Å². The number of thiophene rings is 1. The summed E-state index contributed by atoms with van der Waals surface area (Å²) in [5.74, 6) is -0.419. The fourth-order valence-electron chi connectivity index (χ4n) is 3.94. The summed E-state index contributed by atoms with van der Waals surface area (Å²) in [5, 5.41) is 14.9. The predicted octanol–water partition coefficient (Wildman–Crippen LogP) is 5.67. The van der Waals surface area contributed by atoms with Gasteiger partial charge >= 0.3 is 12.1 Å². The number of carbonyl (C=O) groups is 3. The first-order valence-corrected chi connectivity index (χ1v) is 14.5. The quantitative estimate of drug-likeness (QED) is 0.219. The summed E-state index contributed by atoms with van der Waals surface area (Å²) in [4.78, 5) is 44.2. The molecule has 4 N–H and O–H groups in total. The zero-order chi connectivity index (χ0) is 29.8. The van der Waals surface area contributed by atoms with Crippen molar-refractivity contribution in [1.29, 1.82) is 0 Å². The topological polar surface area (TPSA) is 125 Å². The highest BCUT2D eigenvalue weighted by Gasteiger charge is 2.20. The third-order valence-electron chi connectivity index (χ3n) is 5.91. The fraction of sp³-hybridized carbons (Fsp3) is 0.400. The number of rotatable bonds is 12. The number of anilines is 2. The van der Waals surface area contributed by atoms with E-state index in [2.05, 4.69) is 31.2 Å². The van der Waals surface area contributed by atoms with E-state index in [9.17, 15) is 14.4 Å². The fourth-order valence-corrected chi connectivity index (χ4v) is 4.66. The van der Waals surface area contributed by atoms with Crippen LogP contribution in [-0.4, -0.2) is 60.7 Å². The monoisotopic (exact) mass is 580 g/mol. The molecule has 1 atom stereocenters. The van der Waals surface area contributed by atoms with Gasteiger partial charge in [-0.1, -0.05) is 36.4 Å². The number of carbonyl (C=O) groups excluding carboxylic acids is 3. The zero-order valence-electron chi connectivity index (χ0n) is 24.3. The van der Waals surface area contributed by atoms with Crippen molar-refractivity contribution in [3.8, 4) is 0 Å². The van der Waals surface area contributed by atoms with Crippen LogP contribution in [0.3, 0.4) is 0 Å². The maximum atomic E-state index is 12.9. The number of benzene rings is 1. The van der Waals surface area contributed by atoms with Gasteiger partial charge in [-0.05, 0) is 77.9 Å². The number of hydrogen-bond donors (Lipinski definition) is 4. The van der Waals surface area contributed by atoms with Gasteiger partial charge < -0.3 is 25.6 Å². The van der Waals surface area contributed by atoms with Gasteiger partial charge in [0.2, 0.25) is 0 Å². The Morgan fingerprint density at radius 3 is 2.34 bits per heavy atom. The Balaban J connectivity index is 1.61. The second-order valence-electron chi connectivity index (χ2n) is 10.9. The first-order chi connectivity index (χ1) is 19.5. The maximum Gasteiger partial charge on any atom is 0.412 e. The Hall–Kier alpha value is -3.96. The third kappa shape index (κ3) is 11.2. The molecule has 0 bridgehead atoms. The first kappa shape index (κ1) is 31.6. The van der Waals surface area contributed by atoms with Gasteiger partial charge in [0.05, 0.1) is 17.4 Å². The Kier molecular flexibility index (Phi) is 11.7. The van der Waals surface area contributed by atoms with Gasteiger partial charge in [-0.3, -0.25) is 15.1 Å². The van der Waals surface area contributed by atoms with Crippen molar-refractivity contribution < 1.29 is 19.1 Å². The smallest absolute Gasteiger partial charge is 0.412 e. The van der Waals surface area contributed by atoms with Crippen molar-refractivity contribution in [2.24, 2.45) is 0 Å². The lowest BCUT2D eigenvalue weighted by Crippen LogP contribution is -2.39. The van der Waals surface area contributed by atoms with Gasteiger partial charge in [0.25, 0.3) is 5.91 Å². The number of amides is 4. The highest BCUT2D eigenvalue weighted by atomic mass is 32.1. The number of pyridine rings is 1. The van der Waals surface area contributed by atoms with Crippen LogP contribution < -0.4 is 21.3 Å². The third-order valence-corrected chi connectivity index (χ3v) is 6.66. The molecule has 0 saturated carbocycles. The van der Waals surface area contributed by atoms with E-state index in [-0.39, 0.29) is 17.8 Å². The molecule has 3 aromatic rings. The van der Waals surface area contributed by atoms with Gasteiger partial charge in [0, 0.05) is 23.5 Å². The minimum atomic E-state index is -0.642. The molecule has 0 aliphatic carbocycles. The minimum Gasteiger partial charge on any atom is -0.444 e. The van der Waals surface area contributed by atoms with Crippen molar-refractivity contribution in [3.63, 3.8) is 0 Å². The van der Waals surface area contributed by atoms with Crippen molar-refractivity contribution >= 4 is 40.7 Å². The number of urea groups is 1. The zero-order valence-corrected chi connectivity index (χ0v) is 25.1. The van der Waals surface area contributed by atoms with E-state index < -0.39 is 17.6 Å². The average molecular weight is 581 g/mol. The van der Waals surface area contributed by atoms with Gasteiger partial charge in [-0.2, -0.15) is 0 Å². The van der Waals surface area contributed by atoms with E-state index in [1.165, 1.54) is 11.3 Å². The van der Waals surface area contributed by atoms with Crippen LogP contribution >= 0.6 is 11.3 Å². The average Bonchev–Trinajstić information content (AvgIpc) is 3.33. The molecule has 0 aliphatic rings. The molecule has 10 nitrogen and oxygen atoms in total. The SMILES string of the molecule is CN(C)CCCC(NC(=O)NCCc1ccccc1)c1ccc(C(=O)Nc2cscc2NC(=O)OC(C)(C)C)nc1. The summed E-state index contributed by atoms with van der Waals surface area (Å²) in [6.07, 6.45) is 3.34. The number of nitrogens with one attached hydrogen (secondary N) is 4. The largest absolute Gasteiger partial charge is 0.444 e.